The Morgan fingerprint density at radius 3 is 2.78 bits per heavy atom. The van der Waals surface area contributed by atoms with E-state index in [2.05, 4.69) is 35.3 Å². The van der Waals surface area contributed by atoms with E-state index in [0.717, 1.165) is 17.7 Å². The van der Waals surface area contributed by atoms with Gasteiger partial charge in [0.2, 0.25) is 5.91 Å². The Kier molecular flexibility index (Phi) is 4.51. The van der Waals surface area contributed by atoms with Crippen molar-refractivity contribution in [2.75, 3.05) is 18.6 Å². The van der Waals surface area contributed by atoms with Crippen LogP contribution in [0.5, 0.6) is 5.75 Å². The number of methoxy groups -OCH3 is 1. The van der Waals surface area contributed by atoms with Crippen molar-refractivity contribution in [2.24, 2.45) is 0 Å². The largest absolute Gasteiger partial charge is 0.496 e. The van der Waals surface area contributed by atoms with Gasteiger partial charge in [0.15, 0.2) is 0 Å². The lowest BCUT2D eigenvalue weighted by molar-refractivity contribution is -0.120. The quantitative estimate of drug-likeness (QED) is 0.923. The highest BCUT2D eigenvalue weighted by molar-refractivity contribution is 5.82. The Balaban J connectivity index is 1.62. The SMILES string of the molecule is COc1ccccc1CNC(=O)CN1c2ccccc2CC1C. The first-order chi connectivity index (χ1) is 11.2. The molecule has 4 nitrogen and oxygen atoms in total. The highest BCUT2D eigenvalue weighted by atomic mass is 16.5. The highest BCUT2D eigenvalue weighted by Crippen LogP contribution is 2.31. The predicted octanol–water partition coefficient (Wildman–Crippen LogP) is 2.76. The van der Waals surface area contributed by atoms with Crippen LogP contribution in [0.25, 0.3) is 0 Å². The van der Waals surface area contributed by atoms with Crippen molar-refractivity contribution in [2.45, 2.75) is 25.9 Å². The van der Waals surface area contributed by atoms with Crippen LogP contribution in [0.2, 0.25) is 0 Å². The van der Waals surface area contributed by atoms with Gasteiger partial charge in [0.05, 0.1) is 13.7 Å². The minimum atomic E-state index is 0.0273. The summed E-state index contributed by atoms with van der Waals surface area (Å²) in [6, 6.07) is 16.4. The predicted molar refractivity (Wildman–Crippen MR) is 91.8 cm³/mol. The van der Waals surface area contributed by atoms with Crippen LogP contribution >= 0.6 is 0 Å². The van der Waals surface area contributed by atoms with Crippen LogP contribution in [0.15, 0.2) is 48.5 Å². The summed E-state index contributed by atoms with van der Waals surface area (Å²) in [5.41, 5.74) is 3.48. The van der Waals surface area contributed by atoms with Gasteiger partial charge >= 0.3 is 0 Å². The second-order valence-electron chi connectivity index (χ2n) is 5.90. The van der Waals surface area contributed by atoms with Gasteiger partial charge in [-0.05, 0) is 31.0 Å². The number of para-hydroxylation sites is 2. The molecule has 0 radical (unpaired) electrons. The molecule has 0 fully saturated rings. The molecule has 1 N–H and O–H groups in total. The fourth-order valence-corrected chi connectivity index (χ4v) is 3.12. The molecule has 3 rings (SSSR count). The summed E-state index contributed by atoms with van der Waals surface area (Å²) in [6.07, 6.45) is 0.996. The average Bonchev–Trinajstić information content (AvgIpc) is 2.89. The molecule has 1 heterocycles. The number of rotatable bonds is 5. The molecule has 4 heteroatoms. The maximum Gasteiger partial charge on any atom is 0.239 e. The Morgan fingerprint density at radius 2 is 1.96 bits per heavy atom. The maximum atomic E-state index is 12.3. The molecule has 0 spiro atoms. The fraction of sp³-hybridized carbons (Fsp3) is 0.316. The van der Waals surface area contributed by atoms with E-state index in [1.54, 1.807) is 7.11 Å². The zero-order chi connectivity index (χ0) is 16.2. The number of nitrogens with zero attached hydrogens (tertiary/aromatic N) is 1. The van der Waals surface area contributed by atoms with Crippen molar-refractivity contribution in [1.82, 2.24) is 5.32 Å². The van der Waals surface area contributed by atoms with E-state index in [-0.39, 0.29) is 5.91 Å². The van der Waals surface area contributed by atoms with Gasteiger partial charge in [-0.1, -0.05) is 36.4 Å². The number of amides is 1. The van der Waals surface area contributed by atoms with E-state index in [0.29, 0.717) is 19.1 Å². The van der Waals surface area contributed by atoms with E-state index in [1.165, 1.54) is 11.3 Å². The van der Waals surface area contributed by atoms with Gasteiger partial charge in [-0.15, -0.1) is 0 Å². The second-order valence-corrected chi connectivity index (χ2v) is 5.90. The number of ether oxygens (including phenoxy) is 1. The zero-order valence-electron chi connectivity index (χ0n) is 13.6. The highest BCUT2D eigenvalue weighted by Gasteiger charge is 2.26. The summed E-state index contributed by atoms with van der Waals surface area (Å²) in [4.78, 5) is 14.5. The molecule has 1 aliphatic heterocycles. The third-order valence-corrected chi connectivity index (χ3v) is 4.33. The number of carbonyl (C=O) groups is 1. The molecule has 1 atom stereocenters. The van der Waals surface area contributed by atoms with Gasteiger partial charge in [0.25, 0.3) is 0 Å². The lowest BCUT2D eigenvalue weighted by Crippen LogP contribution is -2.39. The Morgan fingerprint density at radius 1 is 1.22 bits per heavy atom. The van der Waals surface area contributed by atoms with Crippen molar-refractivity contribution in [1.29, 1.82) is 0 Å². The summed E-state index contributed by atoms with van der Waals surface area (Å²) in [6.45, 7) is 3.02. The molecule has 1 unspecified atom stereocenters. The van der Waals surface area contributed by atoms with Crippen LogP contribution in [0.1, 0.15) is 18.1 Å². The number of fused-ring (bicyclic) bond motifs is 1. The van der Waals surface area contributed by atoms with E-state index in [4.69, 9.17) is 4.74 Å². The summed E-state index contributed by atoms with van der Waals surface area (Å²) in [5, 5.41) is 2.99. The van der Waals surface area contributed by atoms with Crippen LogP contribution in [0, 0.1) is 0 Å². The number of benzene rings is 2. The molecular formula is C19H22N2O2. The molecule has 120 valence electrons. The average molecular weight is 310 g/mol. The third kappa shape index (κ3) is 3.31. The number of hydrogen-bond donors (Lipinski definition) is 1. The first-order valence-electron chi connectivity index (χ1n) is 7.92. The number of nitrogens with one attached hydrogen (secondary N) is 1. The van der Waals surface area contributed by atoms with Crippen LogP contribution in [0.4, 0.5) is 5.69 Å². The molecule has 23 heavy (non-hydrogen) atoms. The van der Waals surface area contributed by atoms with E-state index < -0.39 is 0 Å². The van der Waals surface area contributed by atoms with Crippen molar-refractivity contribution in [3.8, 4) is 5.75 Å². The maximum absolute atomic E-state index is 12.3. The van der Waals surface area contributed by atoms with E-state index >= 15 is 0 Å². The summed E-state index contributed by atoms with van der Waals surface area (Å²) in [5.74, 6) is 0.826. The summed E-state index contributed by atoms with van der Waals surface area (Å²) < 4.78 is 5.31. The molecule has 1 aliphatic rings. The van der Waals surface area contributed by atoms with Gasteiger partial charge in [-0.3, -0.25) is 4.79 Å². The molecule has 2 aromatic rings. The topological polar surface area (TPSA) is 41.6 Å². The van der Waals surface area contributed by atoms with Crippen LogP contribution in [0.3, 0.4) is 0 Å². The fourth-order valence-electron chi connectivity index (χ4n) is 3.12. The molecule has 2 aromatic carbocycles. The Bertz CT molecular complexity index is 699. The first-order valence-corrected chi connectivity index (χ1v) is 7.92. The normalized spacial score (nSPS) is 16.1. The minimum Gasteiger partial charge on any atom is -0.496 e. The van der Waals surface area contributed by atoms with Crippen molar-refractivity contribution in [3.63, 3.8) is 0 Å². The molecule has 0 aromatic heterocycles. The lowest BCUT2D eigenvalue weighted by Gasteiger charge is -2.24. The Labute approximate surface area is 137 Å². The molecular weight excluding hydrogens is 288 g/mol. The summed E-state index contributed by atoms with van der Waals surface area (Å²) in [7, 11) is 1.64. The van der Waals surface area contributed by atoms with Crippen LogP contribution in [-0.4, -0.2) is 25.6 Å². The van der Waals surface area contributed by atoms with Gasteiger partial charge in [0, 0.05) is 23.8 Å². The van der Waals surface area contributed by atoms with Gasteiger partial charge in [-0.2, -0.15) is 0 Å². The van der Waals surface area contributed by atoms with Gasteiger partial charge in [0.1, 0.15) is 5.75 Å². The smallest absolute Gasteiger partial charge is 0.239 e. The number of carbonyl (C=O) groups excluding carboxylic acids is 1. The lowest BCUT2D eigenvalue weighted by atomic mass is 10.1. The number of anilines is 1. The second kappa shape index (κ2) is 6.73. The monoisotopic (exact) mass is 310 g/mol. The molecule has 1 amide bonds. The first kappa shape index (κ1) is 15.4. The van der Waals surface area contributed by atoms with Crippen molar-refractivity contribution in [3.05, 3.63) is 59.7 Å². The molecule has 0 bridgehead atoms. The van der Waals surface area contributed by atoms with Gasteiger partial charge < -0.3 is 15.0 Å². The molecule has 0 saturated carbocycles. The van der Waals surface area contributed by atoms with Crippen LogP contribution < -0.4 is 15.0 Å². The van der Waals surface area contributed by atoms with Crippen LogP contribution in [-0.2, 0) is 17.8 Å². The van der Waals surface area contributed by atoms with Crippen molar-refractivity contribution >= 4 is 11.6 Å². The zero-order valence-corrected chi connectivity index (χ0v) is 13.6. The standard InChI is InChI=1S/C19H22N2O2/c1-14-11-15-7-3-5-9-17(15)21(14)13-19(22)20-12-16-8-4-6-10-18(16)23-2/h3-10,14H,11-13H2,1-2H3,(H,20,22). The summed E-state index contributed by atoms with van der Waals surface area (Å²) >= 11 is 0. The molecule has 0 saturated heterocycles. The van der Waals surface area contributed by atoms with E-state index in [1.807, 2.05) is 30.3 Å². The third-order valence-electron chi connectivity index (χ3n) is 4.33. The van der Waals surface area contributed by atoms with E-state index in [9.17, 15) is 4.79 Å². The minimum absolute atomic E-state index is 0.0273. The Hall–Kier alpha value is -2.49. The van der Waals surface area contributed by atoms with Gasteiger partial charge in [-0.25, -0.2) is 0 Å². The van der Waals surface area contributed by atoms with Crippen molar-refractivity contribution < 1.29 is 9.53 Å². The molecule has 0 aliphatic carbocycles. The number of hydrogen-bond acceptors (Lipinski definition) is 3.